The molecule has 0 atom stereocenters. The summed E-state index contributed by atoms with van der Waals surface area (Å²) in [6.45, 7) is 0.213. The largest absolute Gasteiger partial charge is 0.487 e. The van der Waals surface area contributed by atoms with Crippen LogP contribution in [0.25, 0.3) is 33.5 Å². The molecule has 6 aromatic rings. The molecule has 0 aliphatic carbocycles. The van der Waals surface area contributed by atoms with Crippen LogP contribution in [0.1, 0.15) is 11.1 Å². The van der Waals surface area contributed by atoms with Gasteiger partial charge < -0.3 is 9.15 Å². The topological polar surface area (TPSA) is 69.6 Å². The average Bonchev–Trinajstić information content (AvgIpc) is 3.36. The third kappa shape index (κ3) is 5.25. The Morgan fingerprint density at radius 1 is 0.950 bits per heavy atom. The van der Waals surface area contributed by atoms with Gasteiger partial charge in [-0.25, -0.2) is 4.98 Å². The number of hydrogen-bond acceptors (Lipinski definition) is 5. The van der Waals surface area contributed by atoms with Crippen LogP contribution in [0.15, 0.2) is 104 Å². The van der Waals surface area contributed by atoms with E-state index >= 15 is 0 Å². The number of nitrogens with zero attached hydrogens (tertiary/aromatic N) is 3. The highest BCUT2D eigenvalue weighted by Crippen LogP contribution is 2.34. The molecule has 198 valence electrons. The fourth-order valence-corrected chi connectivity index (χ4v) is 5.55. The molecule has 6 rings (SSSR count). The molecule has 0 spiro atoms. The van der Waals surface area contributed by atoms with Crippen molar-refractivity contribution in [2.45, 2.75) is 6.61 Å². The van der Waals surface area contributed by atoms with Crippen molar-refractivity contribution < 1.29 is 9.15 Å². The van der Waals surface area contributed by atoms with Gasteiger partial charge in [-0.05, 0) is 70.5 Å². The number of fused-ring (bicyclic) bond motifs is 2. The minimum absolute atomic E-state index is 0.213. The van der Waals surface area contributed by atoms with Gasteiger partial charge in [-0.15, -0.1) is 0 Å². The van der Waals surface area contributed by atoms with Gasteiger partial charge in [0.1, 0.15) is 17.9 Å². The van der Waals surface area contributed by atoms with E-state index in [1.807, 2.05) is 24.3 Å². The quantitative estimate of drug-likeness (QED) is 0.168. The predicted molar refractivity (Wildman–Crippen MR) is 164 cm³/mol. The van der Waals surface area contributed by atoms with Crippen LogP contribution in [-0.2, 0) is 6.61 Å². The van der Waals surface area contributed by atoms with Crippen LogP contribution in [0.2, 0.25) is 15.1 Å². The molecule has 2 heterocycles. The lowest BCUT2D eigenvalue weighted by Gasteiger charge is -2.13. The molecule has 10 heteroatoms. The molecule has 0 aliphatic rings. The van der Waals surface area contributed by atoms with Gasteiger partial charge in [-0.3, -0.25) is 4.79 Å². The average molecular weight is 654 g/mol. The highest BCUT2D eigenvalue weighted by atomic mass is 79.9. The second-order valence-electron chi connectivity index (χ2n) is 8.79. The van der Waals surface area contributed by atoms with Crippen molar-refractivity contribution in [3.05, 3.63) is 126 Å². The Labute approximate surface area is 251 Å². The summed E-state index contributed by atoms with van der Waals surface area (Å²) in [5.74, 6) is 1.07. The number of aromatic nitrogens is 2. The molecular formula is C30H17BrCl3N3O3. The van der Waals surface area contributed by atoms with E-state index in [1.165, 1.54) is 10.9 Å². The van der Waals surface area contributed by atoms with Crippen molar-refractivity contribution in [1.29, 1.82) is 0 Å². The molecule has 0 saturated heterocycles. The summed E-state index contributed by atoms with van der Waals surface area (Å²) in [5, 5.41) is 7.34. The first kappa shape index (κ1) is 26.6. The van der Waals surface area contributed by atoms with Gasteiger partial charge in [-0.1, -0.05) is 65.1 Å². The second-order valence-corrected chi connectivity index (χ2v) is 10.9. The molecule has 2 aromatic heterocycles. The molecular weight excluding hydrogens is 637 g/mol. The molecule has 0 unspecified atom stereocenters. The van der Waals surface area contributed by atoms with Gasteiger partial charge in [0.2, 0.25) is 5.82 Å². The van der Waals surface area contributed by atoms with Crippen LogP contribution in [0.4, 0.5) is 0 Å². The molecule has 0 fully saturated rings. The number of hydrogen-bond donors (Lipinski definition) is 0. The standard InChI is InChI=1S/C30H17BrCl3N3O3/c31-23-14-21(33)12-19(28(23)39-16-17-5-1-3-7-24(17)34)15-35-37-29(36-25-8-4-2-6-22(25)30(37)38)27-13-18-11-20(32)9-10-26(18)40-27/h1-15H,16H2. The van der Waals surface area contributed by atoms with E-state index < -0.39 is 0 Å². The monoisotopic (exact) mass is 651 g/mol. The van der Waals surface area contributed by atoms with Gasteiger partial charge in [0.15, 0.2) is 5.76 Å². The molecule has 0 N–H and O–H groups in total. The molecule has 0 saturated carbocycles. The molecule has 0 amide bonds. The van der Waals surface area contributed by atoms with E-state index in [-0.39, 0.29) is 18.0 Å². The maximum Gasteiger partial charge on any atom is 0.282 e. The number of rotatable bonds is 6. The van der Waals surface area contributed by atoms with Crippen LogP contribution >= 0.6 is 50.7 Å². The minimum atomic E-state index is -0.366. The first-order valence-electron chi connectivity index (χ1n) is 12.0. The Morgan fingerprint density at radius 3 is 2.60 bits per heavy atom. The normalized spacial score (nSPS) is 11.6. The molecule has 4 aromatic carbocycles. The predicted octanol–water partition coefficient (Wildman–Crippen LogP) is 8.99. The maximum atomic E-state index is 13.6. The smallest absolute Gasteiger partial charge is 0.282 e. The minimum Gasteiger partial charge on any atom is -0.487 e. The van der Waals surface area contributed by atoms with E-state index in [0.717, 1.165) is 10.9 Å². The fraction of sp³-hybridized carbons (Fsp3) is 0.0333. The lowest BCUT2D eigenvalue weighted by Crippen LogP contribution is -2.20. The van der Waals surface area contributed by atoms with Crippen LogP contribution in [-0.4, -0.2) is 15.9 Å². The van der Waals surface area contributed by atoms with Crippen molar-refractivity contribution in [1.82, 2.24) is 9.66 Å². The Hall–Kier alpha value is -3.62. The third-order valence-electron chi connectivity index (χ3n) is 6.13. The van der Waals surface area contributed by atoms with E-state index in [1.54, 1.807) is 60.7 Å². The van der Waals surface area contributed by atoms with Crippen molar-refractivity contribution in [3.8, 4) is 17.3 Å². The Bertz CT molecular complexity index is 2000. The summed E-state index contributed by atoms with van der Waals surface area (Å²) >= 11 is 22.4. The Kier molecular flexibility index (Phi) is 7.38. The zero-order valence-corrected chi connectivity index (χ0v) is 24.3. The summed E-state index contributed by atoms with van der Waals surface area (Å²) in [6.07, 6.45) is 1.50. The van der Waals surface area contributed by atoms with Gasteiger partial charge in [0, 0.05) is 31.6 Å². The van der Waals surface area contributed by atoms with E-state index in [4.69, 9.17) is 48.9 Å². The zero-order valence-electron chi connectivity index (χ0n) is 20.4. The summed E-state index contributed by atoms with van der Waals surface area (Å²) in [6, 6.07) is 24.9. The van der Waals surface area contributed by atoms with Crippen LogP contribution in [0.3, 0.4) is 0 Å². The zero-order chi connectivity index (χ0) is 27.8. The number of ether oxygens (including phenoxy) is 1. The van der Waals surface area contributed by atoms with Crippen LogP contribution in [0.5, 0.6) is 5.75 Å². The lowest BCUT2D eigenvalue weighted by atomic mass is 10.2. The fourth-order valence-electron chi connectivity index (χ4n) is 4.23. The van der Waals surface area contributed by atoms with Crippen LogP contribution in [0, 0.1) is 0 Å². The first-order chi connectivity index (χ1) is 19.4. The number of halogens is 4. The highest BCUT2D eigenvalue weighted by molar-refractivity contribution is 9.10. The number of para-hydroxylation sites is 1. The van der Waals surface area contributed by atoms with Gasteiger partial charge >= 0.3 is 0 Å². The van der Waals surface area contributed by atoms with Gasteiger partial charge in [0.25, 0.3) is 5.56 Å². The molecule has 40 heavy (non-hydrogen) atoms. The van der Waals surface area contributed by atoms with Crippen molar-refractivity contribution in [3.63, 3.8) is 0 Å². The maximum absolute atomic E-state index is 13.6. The Morgan fingerprint density at radius 2 is 1.75 bits per heavy atom. The SMILES string of the molecule is O=c1c2ccccc2nc(-c2cc3cc(Cl)ccc3o2)n1N=Cc1cc(Cl)cc(Br)c1OCc1ccccc1Cl. The molecule has 0 radical (unpaired) electrons. The lowest BCUT2D eigenvalue weighted by molar-refractivity contribution is 0.304. The van der Waals surface area contributed by atoms with Crippen molar-refractivity contribution in [2.24, 2.45) is 5.10 Å². The molecule has 6 nitrogen and oxygen atoms in total. The van der Waals surface area contributed by atoms with Crippen LogP contribution < -0.4 is 10.3 Å². The second kappa shape index (κ2) is 11.1. The third-order valence-corrected chi connectivity index (χ3v) is 7.54. The van der Waals surface area contributed by atoms with Crippen molar-refractivity contribution >= 4 is 78.8 Å². The van der Waals surface area contributed by atoms with Gasteiger partial charge in [-0.2, -0.15) is 9.78 Å². The molecule has 0 bridgehead atoms. The first-order valence-corrected chi connectivity index (χ1v) is 13.9. The summed E-state index contributed by atoms with van der Waals surface area (Å²) in [4.78, 5) is 18.4. The molecule has 0 aliphatic heterocycles. The highest BCUT2D eigenvalue weighted by Gasteiger charge is 2.17. The van der Waals surface area contributed by atoms with Gasteiger partial charge in [0.05, 0.1) is 21.6 Å². The van der Waals surface area contributed by atoms with E-state index in [0.29, 0.717) is 53.1 Å². The summed E-state index contributed by atoms with van der Waals surface area (Å²) in [7, 11) is 0. The summed E-state index contributed by atoms with van der Waals surface area (Å²) < 4.78 is 14.0. The van der Waals surface area contributed by atoms with E-state index in [9.17, 15) is 4.79 Å². The summed E-state index contributed by atoms with van der Waals surface area (Å²) in [5.41, 5.74) is 2.10. The van der Waals surface area contributed by atoms with Crippen molar-refractivity contribution in [2.75, 3.05) is 0 Å². The number of furan rings is 1. The van der Waals surface area contributed by atoms with E-state index in [2.05, 4.69) is 21.0 Å². The number of benzene rings is 4. The Balaban J connectivity index is 1.47.